The number of urea groups is 1. The standard InChI is InChI=1S/C23H24ClN5O2/c1-16-8-9-19(24)20(12-16)31-22-13-21(25-15-26-22)28-10-11-29(17(2)14-28)23(30)27-18-6-4-3-5-7-18/h3-9,12-13,15,17H,10-11,14H2,1-2H3,(H,27,30)/t17-/m0/s1. The van der Waals surface area contributed by atoms with E-state index in [-0.39, 0.29) is 12.1 Å². The monoisotopic (exact) mass is 437 g/mol. The molecule has 0 saturated carbocycles. The maximum atomic E-state index is 12.7. The molecule has 1 aromatic heterocycles. The maximum absolute atomic E-state index is 12.7. The van der Waals surface area contributed by atoms with E-state index in [1.807, 2.05) is 61.2 Å². The topological polar surface area (TPSA) is 70.6 Å². The second-order valence-corrected chi connectivity index (χ2v) is 7.94. The number of aryl methyl sites for hydroxylation is 1. The van der Waals surface area contributed by atoms with Crippen LogP contribution in [0.2, 0.25) is 5.02 Å². The summed E-state index contributed by atoms with van der Waals surface area (Å²) in [7, 11) is 0. The van der Waals surface area contributed by atoms with E-state index in [9.17, 15) is 4.79 Å². The van der Waals surface area contributed by atoms with Crippen molar-refractivity contribution in [3.63, 3.8) is 0 Å². The number of ether oxygens (including phenoxy) is 1. The highest BCUT2D eigenvalue weighted by Crippen LogP contribution is 2.30. The largest absolute Gasteiger partial charge is 0.437 e. The Morgan fingerprint density at radius 1 is 1.13 bits per heavy atom. The van der Waals surface area contributed by atoms with Gasteiger partial charge in [-0.2, -0.15) is 0 Å². The van der Waals surface area contributed by atoms with Gasteiger partial charge in [0.2, 0.25) is 5.88 Å². The van der Waals surface area contributed by atoms with Gasteiger partial charge in [-0.3, -0.25) is 0 Å². The third-order valence-corrected chi connectivity index (χ3v) is 5.48. The lowest BCUT2D eigenvalue weighted by molar-refractivity contribution is 0.184. The van der Waals surface area contributed by atoms with E-state index in [0.29, 0.717) is 36.3 Å². The van der Waals surface area contributed by atoms with Crippen molar-refractivity contribution in [2.75, 3.05) is 29.9 Å². The average molecular weight is 438 g/mol. The molecule has 0 unspecified atom stereocenters. The van der Waals surface area contributed by atoms with Crippen molar-refractivity contribution in [2.45, 2.75) is 19.9 Å². The molecule has 1 aliphatic heterocycles. The smallest absolute Gasteiger partial charge is 0.322 e. The number of piperazine rings is 1. The van der Waals surface area contributed by atoms with Gasteiger partial charge in [0, 0.05) is 37.4 Å². The van der Waals surface area contributed by atoms with E-state index in [2.05, 4.69) is 20.2 Å². The summed E-state index contributed by atoms with van der Waals surface area (Å²) >= 11 is 6.24. The third-order valence-electron chi connectivity index (χ3n) is 5.17. The normalized spacial score (nSPS) is 16.2. The zero-order chi connectivity index (χ0) is 21.8. The fourth-order valence-corrected chi connectivity index (χ4v) is 3.70. The van der Waals surface area contributed by atoms with Gasteiger partial charge in [0.25, 0.3) is 0 Å². The minimum absolute atomic E-state index is 0.0167. The highest BCUT2D eigenvalue weighted by molar-refractivity contribution is 6.32. The van der Waals surface area contributed by atoms with Crippen LogP contribution in [-0.4, -0.2) is 46.6 Å². The van der Waals surface area contributed by atoms with Crippen LogP contribution in [0.1, 0.15) is 12.5 Å². The Balaban J connectivity index is 1.41. The van der Waals surface area contributed by atoms with E-state index in [1.54, 1.807) is 12.1 Å². The van der Waals surface area contributed by atoms with Crippen molar-refractivity contribution in [1.29, 1.82) is 0 Å². The predicted molar refractivity (Wildman–Crippen MR) is 122 cm³/mol. The number of hydrogen-bond donors (Lipinski definition) is 1. The zero-order valence-electron chi connectivity index (χ0n) is 17.5. The fraction of sp³-hybridized carbons (Fsp3) is 0.261. The first-order valence-electron chi connectivity index (χ1n) is 10.1. The lowest BCUT2D eigenvalue weighted by Gasteiger charge is -2.40. The first-order chi connectivity index (χ1) is 15.0. The SMILES string of the molecule is Cc1ccc(Cl)c(Oc2cc(N3CCN(C(=O)Nc4ccccc4)[C@@H](C)C3)ncn2)c1. The molecule has 1 atom stereocenters. The molecule has 31 heavy (non-hydrogen) atoms. The van der Waals surface area contributed by atoms with Crippen LogP contribution < -0.4 is 15.0 Å². The van der Waals surface area contributed by atoms with E-state index in [1.165, 1.54) is 6.33 Å². The number of aromatic nitrogens is 2. The van der Waals surface area contributed by atoms with Crippen molar-refractivity contribution in [3.8, 4) is 11.6 Å². The Hall–Kier alpha value is -3.32. The number of rotatable bonds is 4. The molecule has 2 heterocycles. The van der Waals surface area contributed by atoms with Gasteiger partial charge >= 0.3 is 6.03 Å². The summed E-state index contributed by atoms with van der Waals surface area (Å²) in [5.41, 5.74) is 1.84. The van der Waals surface area contributed by atoms with Crippen LogP contribution in [0, 0.1) is 6.92 Å². The van der Waals surface area contributed by atoms with Crippen molar-refractivity contribution in [3.05, 3.63) is 71.5 Å². The van der Waals surface area contributed by atoms with Gasteiger partial charge < -0.3 is 19.9 Å². The second kappa shape index (κ2) is 9.22. The summed E-state index contributed by atoms with van der Waals surface area (Å²) in [5, 5.41) is 3.48. The Labute approximate surface area is 186 Å². The predicted octanol–water partition coefficient (Wildman–Crippen LogP) is 4.97. The quantitative estimate of drug-likeness (QED) is 0.623. The molecule has 0 bridgehead atoms. The van der Waals surface area contributed by atoms with E-state index in [4.69, 9.17) is 16.3 Å². The molecule has 0 spiro atoms. The zero-order valence-corrected chi connectivity index (χ0v) is 18.2. The Morgan fingerprint density at radius 2 is 1.94 bits per heavy atom. The van der Waals surface area contributed by atoms with Crippen LogP contribution in [0.4, 0.5) is 16.3 Å². The summed E-state index contributed by atoms with van der Waals surface area (Å²) < 4.78 is 5.89. The Kier molecular flexibility index (Phi) is 6.23. The summed E-state index contributed by atoms with van der Waals surface area (Å²) in [6, 6.07) is 16.8. The van der Waals surface area contributed by atoms with Crippen LogP contribution in [0.3, 0.4) is 0 Å². The maximum Gasteiger partial charge on any atom is 0.322 e. The van der Waals surface area contributed by atoms with Crippen LogP contribution in [0.25, 0.3) is 0 Å². The number of para-hydroxylation sites is 1. The average Bonchev–Trinajstić information content (AvgIpc) is 2.77. The number of benzene rings is 2. The lowest BCUT2D eigenvalue weighted by atomic mass is 10.2. The second-order valence-electron chi connectivity index (χ2n) is 7.53. The first kappa shape index (κ1) is 20.9. The molecular weight excluding hydrogens is 414 g/mol. The molecule has 0 radical (unpaired) electrons. The van der Waals surface area contributed by atoms with Gasteiger partial charge in [0.15, 0.2) is 0 Å². The molecule has 0 aliphatic carbocycles. The number of anilines is 2. The van der Waals surface area contributed by atoms with Crippen LogP contribution in [0.5, 0.6) is 11.6 Å². The van der Waals surface area contributed by atoms with E-state index in [0.717, 1.165) is 17.1 Å². The van der Waals surface area contributed by atoms with Gasteiger partial charge in [0.05, 0.1) is 5.02 Å². The molecular formula is C23H24ClN5O2. The first-order valence-corrected chi connectivity index (χ1v) is 10.5. The molecule has 2 amide bonds. The number of amides is 2. The summed E-state index contributed by atoms with van der Waals surface area (Å²) in [4.78, 5) is 25.3. The Morgan fingerprint density at radius 3 is 2.71 bits per heavy atom. The highest BCUT2D eigenvalue weighted by Gasteiger charge is 2.28. The summed E-state index contributed by atoms with van der Waals surface area (Å²) in [6.45, 7) is 5.91. The lowest BCUT2D eigenvalue weighted by Crippen LogP contribution is -2.55. The fourth-order valence-electron chi connectivity index (χ4n) is 3.54. The minimum Gasteiger partial charge on any atom is -0.437 e. The van der Waals surface area contributed by atoms with E-state index < -0.39 is 0 Å². The highest BCUT2D eigenvalue weighted by atomic mass is 35.5. The molecule has 8 heteroatoms. The number of nitrogens with one attached hydrogen (secondary N) is 1. The van der Waals surface area contributed by atoms with Crippen molar-refractivity contribution in [2.24, 2.45) is 0 Å². The van der Waals surface area contributed by atoms with E-state index >= 15 is 0 Å². The van der Waals surface area contributed by atoms with Gasteiger partial charge in [-0.15, -0.1) is 0 Å². The third kappa shape index (κ3) is 5.06. The van der Waals surface area contributed by atoms with Gasteiger partial charge in [0.1, 0.15) is 17.9 Å². The van der Waals surface area contributed by atoms with Crippen LogP contribution in [0.15, 0.2) is 60.9 Å². The number of hydrogen-bond acceptors (Lipinski definition) is 5. The molecule has 4 rings (SSSR count). The molecule has 1 N–H and O–H groups in total. The summed E-state index contributed by atoms with van der Waals surface area (Å²) in [6.07, 6.45) is 1.48. The van der Waals surface area contributed by atoms with Crippen molar-refractivity contribution in [1.82, 2.24) is 14.9 Å². The van der Waals surface area contributed by atoms with Crippen LogP contribution >= 0.6 is 11.6 Å². The molecule has 3 aromatic rings. The molecule has 1 aliphatic rings. The molecule has 1 fully saturated rings. The van der Waals surface area contributed by atoms with Crippen molar-refractivity contribution < 1.29 is 9.53 Å². The molecule has 1 saturated heterocycles. The molecule has 160 valence electrons. The number of nitrogens with zero attached hydrogens (tertiary/aromatic N) is 4. The Bertz CT molecular complexity index is 1060. The number of carbonyl (C=O) groups excluding carboxylic acids is 1. The van der Waals surface area contributed by atoms with Gasteiger partial charge in [-0.25, -0.2) is 14.8 Å². The number of halogens is 1. The molecule has 7 nitrogen and oxygen atoms in total. The van der Waals surface area contributed by atoms with Crippen LogP contribution in [-0.2, 0) is 0 Å². The summed E-state index contributed by atoms with van der Waals surface area (Å²) in [5.74, 6) is 1.74. The number of carbonyl (C=O) groups is 1. The minimum atomic E-state index is -0.0980. The van der Waals surface area contributed by atoms with Gasteiger partial charge in [-0.1, -0.05) is 35.9 Å². The van der Waals surface area contributed by atoms with Crippen molar-refractivity contribution >= 4 is 29.1 Å². The van der Waals surface area contributed by atoms with Gasteiger partial charge in [-0.05, 0) is 43.7 Å². The molecule has 2 aromatic carbocycles.